The molecule has 0 atom stereocenters. The molecule has 4 heteroatoms. The molecule has 0 spiro atoms. The van der Waals surface area contributed by atoms with Crippen LogP contribution in [-0.2, 0) is 0 Å². The Kier molecular flexibility index (Phi) is 9.55. The van der Waals surface area contributed by atoms with Gasteiger partial charge in [-0.2, -0.15) is 4.39 Å². The Morgan fingerprint density at radius 1 is 0.650 bits per heavy atom. The minimum atomic E-state index is -0.971. The number of hydrogen-bond donors (Lipinski definition) is 0. The second-order valence-corrected chi connectivity index (χ2v) is 12.1. The van der Waals surface area contributed by atoms with Gasteiger partial charge in [-0.05, 0) is 109 Å². The Bertz CT molecular complexity index is 1250. The van der Waals surface area contributed by atoms with E-state index in [4.69, 9.17) is 4.74 Å². The van der Waals surface area contributed by atoms with Crippen molar-refractivity contribution >= 4 is 0 Å². The SMILES string of the molecule is CCCOc1ccc(-c2ccc(-c3ccc(C4CCC(C5CCC(CCC)CC5)CC4)c(F)c3)cc2)c(F)c1F. The lowest BCUT2D eigenvalue weighted by Gasteiger charge is -2.38. The first kappa shape index (κ1) is 28.8. The molecule has 0 heterocycles. The monoisotopic (exact) mass is 548 g/mol. The molecule has 0 amide bonds. The maximum absolute atomic E-state index is 15.4. The molecule has 0 saturated heterocycles. The fraction of sp³-hybridized carbons (Fsp3) is 0.500. The first-order chi connectivity index (χ1) is 19.5. The fourth-order valence-electron chi connectivity index (χ4n) is 7.22. The molecule has 0 N–H and O–H groups in total. The molecule has 3 aromatic carbocycles. The zero-order valence-corrected chi connectivity index (χ0v) is 24.0. The summed E-state index contributed by atoms with van der Waals surface area (Å²) in [6, 6.07) is 15.8. The van der Waals surface area contributed by atoms with Gasteiger partial charge in [0, 0.05) is 5.56 Å². The van der Waals surface area contributed by atoms with E-state index in [0.29, 0.717) is 24.5 Å². The van der Waals surface area contributed by atoms with Gasteiger partial charge in [-0.15, -0.1) is 0 Å². The molecule has 2 aliphatic rings. The van der Waals surface area contributed by atoms with Crippen LogP contribution in [0.25, 0.3) is 22.3 Å². The van der Waals surface area contributed by atoms with E-state index >= 15 is 4.39 Å². The van der Waals surface area contributed by atoms with E-state index in [0.717, 1.165) is 47.3 Å². The summed E-state index contributed by atoms with van der Waals surface area (Å²) in [6.07, 6.45) is 13.6. The van der Waals surface area contributed by atoms with Crippen molar-refractivity contribution in [2.75, 3.05) is 6.61 Å². The van der Waals surface area contributed by atoms with E-state index in [1.54, 1.807) is 24.3 Å². The van der Waals surface area contributed by atoms with Crippen LogP contribution in [0.15, 0.2) is 54.6 Å². The van der Waals surface area contributed by atoms with Crippen LogP contribution < -0.4 is 4.74 Å². The Morgan fingerprint density at radius 2 is 1.27 bits per heavy atom. The quantitative estimate of drug-likeness (QED) is 0.258. The molecule has 0 bridgehead atoms. The van der Waals surface area contributed by atoms with Crippen molar-refractivity contribution in [3.05, 3.63) is 77.6 Å². The van der Waals surface area contributed by atoms with Gasteiger partial charge in [-0.25, -0.2) is 8.78 Å². The molecular weight excluding hydrogens is 505 g/mol. The average molecular weight is 549 g/mol. The first-order valence-corrected chi connectivity index (χ1v) is 15.5. The van der Waals surface area contributed by atoms with Crippen LogP contribution in [0.4, 0.5) is 13.2 Å². The number of rotatable bonds is 9. The summed E-state index contributed by atoms with van der Waals surface area (Å²) in [5.74, 6) is 0.837. The van der Waals surface area contributed by atoms with Crippen LogP contribution in [-0.4, -0.2) is 6.61 Å². The fourth-order valence-corrected chi connectivity index (χ4v) is 7.22. The summed E-state index contributed by atoms with van der Waals surface area (Å²) in [4.78, 5) is 0. The van der Waals surface area contributed by atoms with Crippen molar-refractivity contribution in [1.29, 1.82) is 0 Å². The van der Waals surface area contributed by atoms with Gasteiger partial charge in [-0.3, -0.25) is 0 Å². The highest BCUT2D eigenvalue weighted by atomic mass is 19.2. The summed E-state index contributed by atoms with van der Waals surface area (Å²) in [5.41, 5.74) is 3.22. The van der Waals surface area contributed by atoms with Gasteiger partial charge < -0.3 is 4.74 Å². The topological polar surface area (TPSA) is 9.23 Å². The number of halogens is 3. The van der Waals surface area contributed by atoms with Crippen molar-refractivity contribution in [3.8, 4) is 28.0 Å². The molecule has 2 fully saturated rings. The Balaban J connectivity index is 1.21. The summed E-state index contributed by atoms with van der Waals surface area (Å²) in [6.45, 7) is 4.54. The van der Waals surface area contributed by atoms with Gasteiger partial charge in [0.05, 0.1) is 6.61 Å². The molecule has 0 aromatic heterocycles. The normalized spacial score (nSPS) is 23.2. The smallest absolute Gasteiger partial charge is 0.201 e. The van der Waals surface area contributed by atoms with E-state index in [2.05, 4.69) is 6.92 Å². The zero-order valence-electron chi connectivity index (χ0n) is 24.0. The van der Waals surface area contributed by atoms with Crippen molar-refractivity contribution < 1.29 is 17.9 Å². The standard InChI is InChI=1S/C36H43F3O/c1-3-5-24-6-8-25(9-7-24)26-10-14-28(15-11-26)31-19-18-30(23-33(31)37)27-12-16-29(17-13-27)32-20-21-34(40-22-4-2)36(39)35(32)38/h12-13,16-21,23-26,28H,3-11,14-15,22H2,1-2H3. The maximum Gasteiger partial charge on any atom is 0.201 e. The Morgan fingerprint density at radius 3 is 1.90 bits per heavy atom. The molecule has 2 aliphatic carbocycles. The third kappa shape index (κ3) is 6.42. The van der Waals surface area contributed by atoms with Gasteiger partial charge >= 0.3 is 0 Å². The van der Waals surface area contributed by atoms with Crippen LogP contribution >= 0.6 is 0 Å². The maximum atomic E-state index is 15.4. The molecule has 214 valence electrons. The van der Waals surface area contributed by atoms with Gasteiger partial charge in [-0.1, -0.05) is 75.9 Å². The van der Waals surface area contributed by atoms with Crippen LogP contribution in [0.1, 0.15) is 96.0 Å². The van der Waals surface area contributed by atoms with Gasteiger partial charge in [0.15, 0.2) is 11.6 Å². The molecule has 5 rings (SSSR count). The molecule has 1 nitrogen and oxygen atoms in total. The van der Waals surface area contributed by atoms with Crippen molar-refractivity contribution in [1.82, 2.24) is 0 Å². The van der Waals surface area contributed by atoms with Crippen molar-refractivity contribution in [3.63, 3.8) is 0 Å². The summed E-state index contributed by atoms with van der Waals surface area (Å²) in [5, 5.41) is 0. The third-order valence-corrected chi connectivity index (χ3v) is 9.50. The van der Waals surface area contributed by atoms with E-state index in [-0.39, 0.29) is 17.1 Å². The van der Waals surface area contributed by atoms with E-state index in [1.165, 1.54) is 57.4 Å². The number of hydrogen-bond acceptors (Lipinski definition) is 1. The summed E-state index contributed by atoms with van der Waals surface area (Å²) in [7, 11) is 0. The minimum Gasteiger partial charge on any atom is -0.490 e. The largest absolute Gasteiger partial charge is 0.490 e. The predicted octanol–water partition coefficient (Wildman–Crippen LogP) is 11.1. The highest BCUT2D eigenvalue weighted by molar-refractivity contribution is 5.71. The lowest BCUT2D eigenvalue weighted by molar-refractivity contribution is 0.156. The summed E-state index contributed by atoms with van der Waals surface area (Å²) < 4.78 is 49.9. The van der Waals surface area contributed by atoms with Crippen molar-refractivity contribution in [2.24, 2.45) is 17.8 Å². The van der Waals surface area contributed by atoms with Gasteiger partial charge in [0.2, 0.25) is 5.82 Å². The molecule has 3 aromatic rings. The molecule has 2 saturated carbocycles. The highest BCUT2D eigenvalue weighted by Crippen LogP contribution is 2.45. The van der Waals surface area contributed by atoms with Gasteiger partial charge in [0.1, 0.15) is 5.82 Å². The highest BCUT2D eigenvalue weighted by Gasteiger charge is 2.31. The second kappa shape index (κ2) is 13.3. The lowest BCUT2D eigenvalue weighted by Crippen LogP contribution is -2.25. The van der Waals surface area contributed by atoms with E-state index in [9.17, 15) is 8.78 Å². The number of benzene rings is 3. The lowest BCUT2D eigenvalue weighted by atomic mass is 9.68. The summed E-state index contributed by atoms with van der Waals surface area (Å²) >= 11 is 0. The van der Waals surface area contributed by atoms with Crippen LogP contribution in [0, 0.1) is 35.2 Å². The molecule has 40 heavy (non-hydrogen) atoms. The Labute approximate surface area is 238 Å². The Hall–Kier alpha value is -2.75. The minimum absolute atomic E-state index is 0.0710. The van der Waals surface area contributed by atoms with Crippen molar-refractivity contribution in [2.45, 2.75) is 90.4 Å². The first-order valence-electron chi connectivity index (χ1n) is 15.5. The molecule has 0 radical (unpaired) electrons. The number of ether oxygens (including phenoxy) is 1. The third-order valence-electron chi connectivity index (χ3n) is 9.50. The predicted molar refractivity (Wildman–Crippen MR) is 158 cm³/mol. The van der Waals surface area contributed by atoms with E-state index in [1.807, 2.05) is 31.2 Å². The zero-order chi connectivity index (χ0) is 28.1. The second-order valence-electron chi connectivity index (χ2n) is 12.1. The average Bonchev–Trinajstić information content (AvgIpc) is 2.99. The van der Waals surface area contributed by atoms with Crippen LogP contribution in [0.5, 0.6) is 5.75 Å². The molecule has 0 aliphatic heterocycles. The van der Waals surface area contributed by atoms with E-state index < -0.39 is 11.6 Å². The molecule has 0 unspecified atom stereocenters. The van der Waals surface area contributed by atoms with Gasteiger partial charge in [0.25, 0.3) is 0 Å². The van der Waals surface area contributed by atoms with Crippen LogP contribution in [0.3, 0.4) is 0 Å². The van der Waals surface area contributed by atoms with Crippen LogP contribution in [0.2, 0.25) is 0 Å². The molecular formula is C36H43F3O.